The van der Waals surface area contributed by atoms with Crippen LogP contribution >= 0.6 is 0 Å². The molecular weight excluding hydrogens is 488 g/mol. The monoisotopic (exact) mass is 522 g/mol. The van der Waals surface area contributed by atoms with Gasteiger partial charge in [-0.15, -0.1) is 0 Å². The molecule has 0 radical (unpaired) electrons. The molecule has 0 aliphatic carbocycles. The van der Waals surface area contributed by atoms with Crippen molar-refractivity contribution in [1.29, 1.82) is 0 Å². The molecule has 3 rings (SSSR count). The Morgan fingerprint density at radius 1 is 0.632 bits per heavy atom. The molecule has 38 heavy (non-hydrogen) atoms. The van der Waals surface area contributed by atoms with Crippen LogP contribution < -0.4 is 14.2 Å². The van der Waals surface area contributed by atoms with Crippen molar-refractivity contribution in [2.45, 2.75) is 19.8 Å². The van der Waals surface area contributed by atoms with Gasteiger partial charge in [0.15, 0.2) is 0 Å². The van der Waals surface area contributed by atoms with Crippen LogP contribution in [0.15, 0.2) is 72.8 Å². The number of ether oxygens (including phenoxy) is 6. The van der Waals surface area contributed by atoms with Crippen molar-refractivity contribution in [3.63, 3.8) is 0 Å². The summed E-state index contributed by atoms with van der Waals surface area (Å²) in [5.74, 6) is 1.23. The van der Waals surface area contributed by atoms with Gasteiger partial charge >= 0.3 is 11.9 Å². The second-order valence-electron chi connectivity index (χ2n) is 8.21. The Morgan fingerprint density at radius 2 is 1.16 bits per heavy atom. The van der Waals surface area contributed by atoms with Crippen LogP contribution in [0.2, 0.25) is 0 Å². The topological polar surface area (TPSA) is 89.5 Å². The highest BCUT2D eigenvalue weighted by molar-refractivity contribution is 5.91. The Labute approximate surface area is 223 Å². The van der Waals surface area contributed by atoms with E-state index in [1.807, 2.05) is 43.3 Å². The lowest BCUT2D eigenvalue weighted by Gasteiger charge is -2.09. The molecule has 0 aromatic heterocycles. The number of hydrogen-bond acceptors (Lipinski definition) is 8. The van der Waals surface area contributed by atoms with E-state index in [0.29, 0.717) is 56.5 Å². The van der Waals surface area contributed by atoms with Crippen LogP contribution in [0, 0.1) is 0 Å². The van der Waals surface area contributed by atoms with E-state index in [-0.39, 0.29) is 12.6 Å². The first kappa shape index (κ1) is 28.7. The summed E-state index contributed by atoms with van der Waals surface area (Å²) in [6.45, 7) is 4.10. The van der Waals surface area contributed by atoms with Gasteiger partial charge in [-0.05, 0) is 66.1 Å². The summed E-state index contributed by atoms with van der Waals surface area (Å²) >= 11 is 0. The first-order chi connectivity index (χ1) is 18.6. The highest BCUT2D eigenvalue weighted by Crippen LogP contribution is 2.25. The van der Waals surface area contributed by atoms with E-state index in [1.165, 1.54) is 0 Å². The third kappa shape index (κ3) is 9.88. The largest absolute Gasteiger partial charge is 0.497 e. The zero-order valence-corrected chi connectivity index (χ0v) is 21.9. The van der Waals surface area contributed by atoms with Crippen LogP contribution in [0.5, 0.6) is 17.2 Å². The number of methoxy groups -OCH3 is 1. The van der Waals surface area contributed by atoms with Gasteiger partial charge in [0.1, 0.15) is 30.5 Å². The lowest BCUT2D eigenvalue weighted by atomic mass is 10.1. The molecule has 0 aliphatic heterocycles. The molecule has 0 bridgehead atoms. The van der Waals surface area contributed by atoms with Gasteiger partial charge in [-0.3, -0.25) is 4.79 Å². The minimum absolute atomic E-state index is 0.203. The van der Waals surface area contributed by atoms with E-state index in [9.17, 15) is 9.59 Å². The summed E-state index contributed by atoms with van der Waals surface area (Å²) in [5.41, 5.74) is 2.47. The maximum atomic E-state index is 12.5. The Balaban J connectivity index is 1.31. The van der Waals surface area contributed by atoms with E-state index in [4.69, 9.17) is 28.4 Å². The molecule has 0 heterocycles. The zero-order chi connectivity index (χ0) is 27.0. The number of hydrogen-bond donors (Lipinski definition) is 0. The Morgan fingerprint density at radius 3 is 1.74 bits per heavy atom. The molecule has 3 aromatic carbocycles. The molecule has 0 unspecified atom stereocenters. The van der Waals surface area contributed by atoms with Crippen LogP contribution in [-0.4, -0.2) is 58.7 Å². The van der Waals surface area contributed by atoms with Gasteiger partial charge in [0.2, 0.25) is 0 Å². The maximum Gasteiger partial charge on any atom is 0.343 e. The minimum atomic E-state index is -0.447. The highest BCUT2D eigenvalue weighted by atomic mass is 16.6. The third-order valence-electron chi connectivity index (χ3n) is 5.39. The normalized spacial score (nSPS) is 10.6. The van der Waals surface area contributed by atoms with Gasteiger partial charge in [-0.2, -0.15) is 0 Å². The molecule has 0 saturated carbocycles. The van der Waals surface area contributed by atoms with Crippen molar-refractivity contribution in [2.75, 3.05) is 46.8 Å². The van der Waals surface area contributed by atoms with E-state index >= 15 is 0 Å². The summed E-state index contributed by atoms with van der Waals surface area (Å²) in [6, 6.07) is 21.8. The fourth-order valence-electron chi connectivity index (χ4n) is 3.38. The van der Waals surface area contributed by atoms with E-state index in [0.717, 1.165) is 23.3 Å². The van der Waals surface area contributed by atoms with E-state index in [2.05, 4.69) is 0 Å². The number of rotatable bonds is 16. The second kappa shape index (κ2) is 16.1. The fourth-order valence-corrected chi connectivity index (χ4v) is 3.38. The predicted octanol–water partition coefficient (Wildman–Crippen LogP) is 5.34. The van der Waals surface area contributed by atoms with Crippen molar-refractivity contribution < 1.29 is 38.0 Å². The minimum Gasteiger partial charge on any atom is -0.497 e. The van der Waals surface area contributed by atoms with Crippen molar-refractivity contribution in [3.8, 4) is 28.4 Å². The molecular formula is C30H34O8. The van der Waals surface area contributed by atoms with Gasteiger partial charge < -0.3 is 28.4 Å². The van der Waals surface area contributed by atoms with Crippen molar-refractivity contribution in [1.82, 2.24) is 0 Å². The first-order valence-corrected chi connectivity index (χ1v) is 12.6. The molecule has 202 valence electrons. The SMILES string of the molecule is CCCC(=O)OCCOCCOCCOc1ccc(C(=O)Oc2ccc(-c3ccc(OC)cc3)cc2)cc1. The summed E-state index contributed by atoms with van der Waals surface area (Å²) in [4.78, 5) is 23.7. The van der Waals surface area contributed by atoms with Gasteiger partial charge in [-0.25, -0.2) is 4.79 Å². The van der Waals surface area contributed by atoms with Crippen LogP contribution in [0.1, 0.15) is 30.1 Å². The molecule has 8 heteroatoms. The molecule has 0 amide bonds. The standard InChI is InChI=1S/C30H34O8/c1-3-4-29(31)37-22-20-35-18-17-34-19-21-36-27-13-9-25(10-14-27)30(32)38-28-15-7-24(8-16-28)23-5-11-26(33-2)12-6-23/h5-16H,3-4,17-22H2,1-2H3. The van der Waals surface area contributed by atoms with Crippen LogP contribution in [0.25, 0.3) is 11.1 Å². The van der Waals surface area contributed by atoms with Crippen molar-refractivity contribution in [3.05, 3.63) is 78.4 Å². The number of carbonyl (C=O) groups excluding carboxylic acids is 2. The highest BCUT2D eigenvalue weighted by Gasteiger charge is 2.09. The Bertz CT molecular complexity index is 1110. The molecule has 0 fully saturated rings. The summed E-state index contributed by atoms with van der Waals surface area (Å²) < 4.78 is 32.1. The number of carbonyl (C=O) groups is 2. The second-order valence-corrected chi connectivity index (χ2v) is 8.21. The third-order valence-corrected chi connectivity index (χ3v) is 5.39. The van der Waals surface area contributed by atoms with Crippen LogP contribution in [-0.2, 0) is 19.0 Å². The predicted molar refractivity (Wildman–Crippen MR) is 143 cm³/mol. The average Bonchev–Trinajstić information content (AvgIpc) is 2.95. The average molecular weight is 523 g/mol. The maximum absolute atomic E-state index is 12.5. The molecule has 0 aliphatic rings. The Hall–Kier alpha value is -3.88. The summed E-state index contributed by atoms with van der Waals surface area (Å²) in [6.07, 6.45) is 1.20. The number of esters is 2. The molecule has 0 saturated heterocycles. The molecule has 3 aromatic rings. The van der Waals surface area contributed by atoms with E-state index in [1.54, 1.807) is 43.5 Å². The van der Waals surface area contributed by atoms with Crippen LogP contribution in [0.3, 0.4) is 0 Å². The van der Waals surface area contributed by atoms with Crippen LogP contribution in [0.4, 0.5) is 0 Å². The molecule has 0 N–H and O–H groups in total. The smallest absolute Gasteiger partial charge is 0.343 e. The molecule has 0 atom stereocenters. The van der Waals surface area contributed by atoms with Gasteiger partial charge in [0.25, 0.3) is 0 Å². The lowest BCUT2D eigenvalue weighted by molar-refractivity contribution is -0.145. The van der Waals surface area contributed by atoms with Gasteiger partial charge in [0, 0.05) is 6.42 Å². The lowest BCUT2D eigenvalue weighted by Crippen LogP contribution is -2.14. The van der Waals surface area contributed by atoms with Gasteiger partial charge in [-0.1, -0.05) is 31.2 Å². The molecule has 8 nitrogen and oxygen atoms in total. The van der Waals surface area contributed by atoms with E-state index < -0.39 is 5.97 Å². The quantitative estimate of drug-likeness (QED) is 0.142. The first-order valence-electron chi connectivity index (χ1n) is 12.6. The number of benzene rings is 3. The van der Waals surface area contributed by atoms with Crippen molar-refractivity contribution in [2.24, 2.45) is 0 Å². The molecule has 0 spiro atoms. The fraction of sp³-hybridized carbons (Fsp3) is 0.333. The van der Waals surface area contributed by atoms with Gasteiger partial charge in [0.05, 0.1) is 39.1 Å². The Kier molecular flexibility index (Phi) is 12.1. The summed E-state index contributed by atoms with van der Waals surface area (Å²) in [7, 11) is 1.63. The zero-order valence-electron chi connectivity index (χ0n) is 21.9. The summed E-state index contributed by atoms with van der Waals surface area (Å²) in [5, 5.41) is 0. The van der Waals surface area contributed by atoms with Crippen molar-refractivity contribution >= 4 is 11.9 Å².